The van der Waals surface area contributed by atoms with E-state index in [0.29, 0.717) is 0 Å². The molecule has 0 bridgehead atoms. The van der Waals surface area contributed by atoms with Crippen LogP contribution in [0.4, 0.5) is 29.1 Å². The van der Waals surface area contributed by atoms with Gasteiger partial charge in [0.1, 0.15) is 5.82 Å². The second-order valence-electron chi connectivity index (χ2n) is 5.77. The topological polar surface area (TPSA) is 66.9 Å². The number of amides is 1. The van der Waals surface area contributed by atoms with Crippen molar-refractivity contribution in [3.63, 3.8) is 0 Å². The van der Waals surface area contributed by atoms with Gasteiger partial charge in [-0.15, -0.1) is 0 Å². The summed E-state index contributed by atoms with van der Waals surface area (Å²) in [5.74, 6) is -1.54. The molecule has 2 heterocycles. The van der Waals surface area contributed by atoms with E-state index in [0.717, 1.165) is 23.8 Å². The summed E-state index contributed by atoms with van der Waals surface area (Å²) in [5.41, 5.74) is -0.110. The van der Waals surface area contributed by atoms with Crippen molar-refractivity contribution in [1.82, 2.24) is 9.97 Å². The van der Waals surface area contributed by atoms with E-state index in [-0.39, 0.29) is 23.6 Å². The summed E-state index contributed by atoms with van der Waals surface area (Å²) in [6.45, 7) is 0.253. The van der Waals surface area contributed by atoms with Gasteiger partial charge in [-0.1, -0.05) is 6.07 Å². The summed E-state index contributed by atoms with van der Waals surface area (Å²) in [6, 6.07) is 9.90. The van der Waals surface area contributed by atoms with Gasteiger partial charge in [-0.2, -0.15) is 17.6 Å². The van der Waals surface area contributed by atoms with Crippen LogP contribution < -0.4 is 10.6 Å². The Kier molecular flexibility index (Phi) is 5.53. The summed E-state index contributed by atoms with van der Waals surface area (Å²) in [4.78, 5) is 20.1. The van der Waals surface area contributed by atoms with Gasteiger partial charge >= 0.3 is 6.18 Å². The first kappa shape index (κ1) is 19.3. The molecule has 144 valence electrons. The molecule has 0 saturated heterocycles. The van der Waals surface area contributed by atoms with Gasteiger partial charge in [0.15, 0.2) is 0 Å². The Morgan fingerprint density at radius 2 is 1.79 bits per heavy atom. The van der Waals surface area contributed by atoms with Crippen molar-refractivity contribution in [1.29, 1.82) is 0 Å². The SMILES string of the molecule is O=C(Nc1cccc(C(F)(F)F)c1)c1ccc(F)nc1NCc1ccncc1. The number of hydrogen-bond donors (Lipinski definition) is 2. The van der Waals surface area contributed by atoms with Crippen molar-refractivity contribution >= 4 is 17.4 Å². The van der Waals surface area contributed by atoms with Crippen LogP contribution in [0.5, 0.6) is 0 Å². The standard InChI is InChI=1S/C19H14F4N4O/c20-16-5-4-15(17(27-16)25-11-12-6-8-24-9-7-12)18(28)26-14-3-1-2-13(10-14)19(21,22)23/h1-10H,11H2,(H,25,27)(H,26,28). The Morgan fingerprint density at radius 3 is 2.50 bits per heavy atom. The lowest BCUT2D eigenvalue weighted by molar-refractivity contribution is -0.137. The first-order valence-electron chi connectivity index (χ1n) is 8.11. The molecule has 0 radical (unpaired) electrons. The second-order valence-corrected chi connectivity index (χ2v) is 5.77. The average molecular weight is 390 g/mol. The van der Waals surface area contributed by atoms with Crippen molar-refractivity contribution in [2.75, 3.05) is 10.6 Å². The monoisotopic (exact) mass is 390 g/mol. The fraction of sp³-hybridized carbons (Fsp3) is 0.105. The number of rotatable bonds is 5. The largest absolute Gasteiger partial charge is 0.416 e. The first-order chi connectivity index (χ1) is 13.3. The zero-order chi connectivity index (χ0) is 20.1. The quantitative estimate of drug-likeness (QED) is 0.497. The minimum atomic E-state index is -4.53. The van der Waals surface area contributed by atoms with Crippen LogP contribution in [0.2, 0.25) is 0 Å². The summed E-state index contributed by atoms with van der Waals surface area (Å²) in [5, 5.41) is 5.23. The van der Waals surface area contributed by atoms with Crippen LogP contribution in [0, 0.1) is 5.95 Å². The molecule has 0 aliphatic rings. The van der Waals surface area contributed by atoms with Crippen LogP contribution >= 0.6 is 0 Å². The molecule has 1 amide bonds. The van der Waals surface area contributed by atoms with Crippen molar-refractivity contribution in [2.24, 2.45) is 0 Å². The van der Waals surface area contributed by atoms with E-state index >= 15 is 0 Å². The molecule has 5 nitrogen and oxygen atoms in total. The molecule has 2 N–H and O–H groups in total. The van der Waals surface area contributed by atoms with Crippen molar-refractivity contribution < 1.29 is 22.4 Å². The van der Waals surface area contributed by atoms with Gasteiger partial charge < -0.3 is 10.6 Å². The number of benzene rings is 1. The van der Waals surface area contributed by atoms with E-state index in [2.05, 4.69) is 20.6 Å². The maximum atomic E-state index is 13.5. The van der Waals surface area contributed by atoms with Gasteiger partial charge in [0, 0.05) is 24.6 Å². The third-order valence-corrected chi connectivity index (χ3v) is 3.76. The molecule has 9 heteroatoms. The third kappa shape index (κ3) is 4.81. The number of nitrogens with zero attached hydrogens (tertiary/aromatic N) is 2. The molecular weight excluding hydrogens is 376 g/mol. The third-order valence-electron chi connectivity index (χ3n) is 3.76. The van der Waals surface area contributed by atoms with Gasteiger partial charge in [-0.25, -0.2) is 4.98 Å². The first-order valence-corrected chi connectivity index (χ1v) is 8.11. The summed E-state index contributed by atoms with van der Waals surface area (Å²) in [6.07, 6.45) is -1.37. The Balaban J connectivity index is 1.80. The molecule has 0 atom stereocenters. The molecule has 28 heavy (non-hydrogen) atoms. The smallest absolute Gasteiger partial charge is 0.365 e. The predicted molar refractivity (Wildman–Crippen MR) is 95.2 cm³/mol. The van der Waals surface area contributed by atoms with Crippen molar-refractivity contribution in [3.8, 4) is 0 Å². The summed E-state index contributed by atoms with van der Waals surface area (Å²) >= 11 is 0. The number of pyridine rings is 2. The van der Waals surface area contributed by atoms with Gasteiger partial charge in [0.25, 0.3) is 5.91 Å². The van der Waals surface area contributed by atoms with Crippen molar-refractivity contribution in [2.45, 2.75) is 12.7 Å². The highest BCUT2D eigenvalue weighted by atomic mass is 19.4. The minimum Gasteiger partial charge on any atom is -0.365 e. The molecule has 3 rings (SSSR count). The summed E-state index contributed by atoms with van der Waals surface area (Å²) in [7, 11) is 0. The molecule has 0 fully saturated rings. The highest BCUT2D eigenvalue weighted by molar-refractivity contribution is 6.07. The molecule has 0 unspecified atom stereocenters. The lowest BCUT2D eigenvalue weighted by Gasteiger charge is -2.13. The Hall–Kier alpha value is -3.49. The van der Waals surface area contributed by atoms with Crippen LogP contribution in [0.25, 0.3) is 0 Å². The van der Waals surface area contributed by atoms with E-state index in [9.17, 15) is 22.4 Å². The number of nitrogens with one attached hydrogen (secondary N) is 2. The Labute approximate surface area is 157 Å². The fourth-order valence-corrected chi connectivity index (χ4v) is 2.41. The van der Waals surface area contributed by atoms with Gasteiger partial charge in [0.2, 0.25) is 5.95 Å². The summed E-state index contributed by atoms with van der Waals surface area (Å²) < 4.78 is 52.0. The number of carbonyl (C=O) groups excluding carboxylic acids is 1. The molecule has 2 aromatic heterocycles. The maximum absolute atomic E-state index is 13.5. The minimum absolute atomic E-state index is 0.00660. The van der Waals surface area contributed by atoms with Gasteiger partial charge in [-0.3, -0.25) is 9.78 Å². The van der Waals surface area contributed by atoms with Crippen LogP contribution in [-0.4, -0.2) is 15.9 Å². The Morgan fingerprint density at radius 1 is 1.04 bits per heavy atom. The normalized spacial score (nSPS) is 11.1. The Bertz CT molecular complexity index is 977. The molecule has 1 aromatic carbocycles. The fourth-order valence-electron chi connectivity index (χ4n) is 2.41. The van der Waals surface area contributed by atoms with E-state index < -0.39 is 23.6 Å². The van der Waals surface area contributed by atoms with E-state index in [4.69, 9.17) is 0 Å². The molecule has 0 aliphatic heterocycles. The van der Waals surface area contributed by atoms with Gasteiger partial charge in [0.05, 0.1) is 11.1 Å². The number of carbonyl (C=O) groups is 1. The molecular formula is C19H14F4N4O. The predicted octanol–water partition coefficient (Wildman–Crippen LogP) is 4.50. The lowest BCUT2D eigenvalue weighted by Crippen LogP contribution is -2.17. The van der Waals surface area contributed by atoms with Crippen LogP contribution in [0.3, 0.4) is 0 Å². The number of halogens is 4. The van der Waals surface area contributed by atoms with Crippen LogP contribution in [-0.2, 0) is 12.7 Å². The number of aromatic nitrogens is 2. The number of alkyl halides is 3. The highest BCUT2D eigenvalue weighted by Crippen LogP contribution is 2.30. The van der Waals surface area contributed by atoms with Crippen molar-refractivity contribution in [3.05, 3.63) is 83.6 Å². The number of anilines is 2. The van der Waals surface area contributed by atoms with Gasteiger partial charge in [-0.05, 0) is 48.0 Å². The van der Waals surface area contributed by atoms with Crippen LogP contribution in [0.1, 0.15) is 21.5 Å². The average Bonchev–Trinajstić information content (AvgIpc) is 2.67. The zero-order valence-corrected chi connectivity index (χ0v) is 14.3. The zero-order valence-electron chi connectivity index (χ0n) is 14.3. The number of hydrogen-bond acceptors (Lipinski definition) is 4. The lowest BCUT2D eigenvalue weighted by atomic mass is 10.1. The van der Waals surface area contributed by atoms with E-state index in [1.165, 1.54) is 18.2 Å². The molecule has 0 aliphatic carbocycles. The highest BCUT2D eigenvalue weighted by Gasteiger charge is 2.30. The maximum Gasteiger partial charge on any atom is 0.416 e. The van der Waals surface area contributed by atoms with Crippen LogP contribution in [0.15, 0.2) is 60.9 Å². The molecule has 0 saturated carbocycles. The second kappa shape index (κ2) is 8.03. The van der Waals surface area contributed by atoms with E-state index in [1.807, 2.05) is 0 Å². The molecule has 0 spiro atoms. The molecule has 3 aromatic rings. The van der Waals surface area contributed by atoms with E-state index in [1.54, 1.807) is 24.5 Å².